The zero-order valence-corrected chi connectivity index (χ0v) is 14.5. The fourth-order valence-electron chi connectivity index (χ4n) is 2.66. The third-order valence-corrected chi connectivity index (χ3v) is 5.39. The predicted molar refractivity (Wildman–Crippen MR) is 97.1 cm³/mol. The summed E-state index contributed by atoms with van der Waals surface area (Å²) >= 11 is 0. The molecule has 7 nitrogen and oxygen atoms in total. The molecule has 0 radical (unpaired) electrons. The molecule has 0 saturated heterocycles. The number of hydrogen-bond acceptors (Lipinski definition) is 5. The van der Waals surface area contributed by atoms with Gasteiger partial charge in [0, 0.05) is 0 Å². The van der Waals surface area contributed by atoms with Gasteiger partial charge in [0.05, 0.1) is 17.1 Å². The Morgan fingerprint density at radius 3 is 2.42 bits per heavy atom. The summed E-state index contributed by atoms with van der Waals surface area (Å²) < 4.78 is 29.3. The van der Waals surface area contributed by atoms with Gasteiger partial charge >= 0.3 is 0 Å². The van der Waals surface area contributed by atoms with Gasteiger partial charge in [-0.2, -0.15) is 4.68 Å². The highest BCUT2D eigenvalue weighted by Gasteiger charge is 2.17. The Balaban J connectivity index is 1.58. The van der Waals surface area contributed by atoms with Crippen LogP contribution in [0.5, 0.6) is 0 Å². The monoisotopic (exact) mass is 365 g/mol. The lowest BCUT2D eigenvalue weighted by molar-refractivity contribution is 0.578. The minimum atomic E-state index is -3.69. The fraction of sp³-hybridized carbons (Fsp3) is 0.0556. The van der Waals surface area contributed by atoms with Crippen molar-refractivity contribution in [1.82, 2.24) is 24.9 Å². The molecule has 0 aliphatic carbocycles. The highest BCUT2D eigenvalue weighted by molar-refractivity contribution is 7.89. The maximum Gasteiger partial charge on any atom is 0.240 e. The Labute approximate surface area is 150 Å². The van der Waals surface area contributed by atoms with Crippen molar-refractivity contribution < 1.29 is 8.42 Å². The topological polar surface area (TPSA) is 89.8 Å². The molecule has 130 valence electrons. The average molecular weight is 365 g/mol. The zero-order chi connectivity index (χ0) is 18.0. The molecule has 0 amide bonds. The number of rotatable bonds is 5. The Morgan fingerprint density at radius 2 is 1.62 bits per heavy atom. The van der Waals surface area contributed by atoms with E-state index in [0.29, 0.717) is 5.82 Å². The molecule has 0 saturated carbocycles. The van der Waals surface area contributed by atoms with E-state index >= 15 is 0 Å². The van der Waals surface area contributed by atoms with Crippen LogP contribution in [0.2, 0.25) is 0 Å². The second kappa shape index (κ2) is 6.66. The number of tetrazole rings is 1. The van der Waals surface area contributed by atoms with Crippen molar-refractivity contribution in [2.75, 3.05) is 0 Å². The van der Waals surface area contributed by atoms with Crippen LogP contribution >= 0.6 is 0 Å². The number of nitrogens with zero attached hydrogens (tertiary/aromatic N) is 4. The lowest BCUT2D eigenvalue weighted by atomic mass is 10.1. The van der Waals surface area contributed by atoms with Gasteiger partial charge in [0.15, 0.2) is 5.82 Å². The van der Waals surface area contributed by atoms with E-state index in [2.05, 4.69) is 20.2 Å². The normalized spacial score (nSPS) is 11.7. The lowest BCUT2D eigenvalue weighted by Gasteiger charge is -2.08. The first-order chi connectivity index (χ1) is 12.6. The van der Waals surface area contributed by atoms with Crippen LogP contribution in [0.1, 0.15) is 5.82 Å². The van der Waals surface area contributed by atoms with E-state index in [4.69, 9.17) is 0 Å². The fourth-order valence-corrected chi connectivity index (χ4v) is 3.68. The second-order valence-corrected chi connectivity index (χ2v) is 7.44. The van der Waals surface area contributed by atoms with Crippen molar-refractivity contribution in [2.45, 2.75) is 11.4 Å². The molecule has 0 fully saturated rings. The Bertz CT molecular complexity index is 1160. The van der Waals surface area contributed by atoms with Gasteiger partial charge in [-0.05, 0) is 45.5 Å². The maximum absolute atomic E-state index is 12.6. The van der Waals surface area contributed by atoms with Crippen LogP contribution in [0.4, 0.5) is 0 Å². The van der Waals surface area contributed by atoms with Gasteiger partial charge in [-0.25, -0.2) is 13.1 Å². The number of fused-ring (bicyclic) bond motifs is 1. The molecule has 0 atom stereocenters. The third kappa shape index (κ3) is 3.19. The summed E-state index contributed by atoms with van der Waals surface area (Å²) in [6, 6.07) is 21.9. The number of nitrogens with one attached hydrogen (secondary N) is 1. The van der Waals surface area contributed by atoms with Gasteiger partial charge in [-0.15, -0.1) is 5.10 Å². The molecule has 4 rings (SSSR count). The summed E-state index contributed by atoms with van der Waals surface area (Å²) in [6.45, 7) is -0.0168. The van der Waals surface area contributed by atoms with Crippen molar-refractivity contribution >= 4 is 20.8 Å². The summed E-state index contributed by atoms with van der Waals surface area (Å²) in [6.07, 6.45) is 0. The molecular formula is C18H15N5O2S. The van der Waals surface area contributed by atoms with Crippen molar-refractivity contribution in [1.29, 1.82) is 0 Å². The molecule has 3 aromatic carbocycles. The molecule has 1 N–H and O–H groups in total. The van der Waals surface area contributed by atoms with E-state index in [1.807, 2.05) is 54.6 Å². The maximum atomic E-state index is 12.6. The largest absolute Gasteiger partial charge is 0.240 e. The number of para-hydroxylation sites is 1. The SMILES string of the molecule is O=S(=O)(NCc1nnnn1-c1ccccc1)c1ccc2ccccc2c1. The van der Waals surface area contributed by atoms with Crippen molar-refractivity contribution in [3.63, 3.8) is 0 Å². The zero-order valence-electron chi connectivity index (χ0n) is 13.6. The molecule has 0 aliphatic heterocycles. The number of benzene rings is 3. The highest BCUT2D eigenvalue weighted by atomic mass is 32.2. The summed E-state index contributed by atoms with van der Waals surface area (Å²) in [7, 11) is -3.69. The Kier molecular flexibility index (Phi) is 4.19. The van der Waals surface area contributed by atoms with E-state index in [9.17, 15) is 8.42 Å². The van der Waals surface area contributed by atoms with Crippen LogP contribution < -0.4 is 4.72 Å². The van der Waals surface area contributed by atoms with Crippen LogP contribution in [0.25, 0.3) is 16.5 Å². The first-order valence-corrected chi connectivity index (χ1v) is 9.43. The van der Waals surface area contributed by atoms with Crippen LogP contribution in [0.15, 0.2) is 77.7 Å². The second-order valence-electron chi connectivity index (χ2n) is 5.68. The molecule has 1 aromatic heterocycles. The van der Waals surface area contributed by atoms with Crippen LogP contribution in [-0.2, 0) is 16.6 Å². The first kappa shape index (κ1) is 16.4. The van der Waals surface area contributed by atoms with Gasteiger partial charge in [-0.3, -0.25) is 0 Å². The molecular weight excluding hydrogens is 350 g/mol. The lowest BCUT2D eigenvalue weighted by Crippen LogP contribution is -2.25. The van der Waals surface area contributed by atoms with Gasteiger partial charge in [0.2, 0.25) is 10.0 Å². The van der Waals surface area contributed by atoms with E-state index in [-0.39, 0.29) is 11.4 Å². The van der Waals surface area contributed by atoms with Crippen LogP contribution in [0, 0.1) is 0 Å². The van der Waals surface area contributed by atoms with E-state index < -0.39 is 10.0 Å². The average Bonchev–Trinajstić information content (AvgIpc) is 3.15. The van der Waals surface area contributed by atoms with E-state index in [1.165, 1.54) is 4.68 Å². The molecule has 0 spiro atoms. The minimum Gasteiger partial charge on any atom is -0.207 e. The van der Waals surface area contributed by atoms with Crippen LogP contribution in [-0.4, -0.2) is 28.6 Å². The third-order valence-electron chi connectivity index (χ3n) is 3.99. The quantitative estimate of drug-likeness (QED) is 0.586. The van der Waals surface area contributed by atoms with Gasteiger partial charge in [0.25, 0.3) is 0 Å². The van der Waals surface area contributed by atoms with E-state index in [0.717, 1.165) is 16.5 Å². The molecule has 0 bridgehead atoms. The van der Waals surface area contributed by atoms with Crippen molar-refractivity contribution in [3.05, 3.63) is 78.6 Å². The summed E-state index contributed by atoms with van der Waals surface area (Å²) in [5.74, 6) is 0.403. The van der Waals surface area contributed by atoms with Crippen molar-refractivity contribution in [2.24, 2.45) is 0 Å². The van der Waals surface area contributed by atoms with Gasteiger partial charge < -0.3 is 0 Å². The predicted octanol–water partition coefficient (Wildman–Crippen LogP) is 2.29. The Morgan fingerprint density at radius 1 is 0.885 bits per heavy atom. The molecule has 26 heavy (non-hydrogen) atoms. The summed E-state index contributed by atoms with van der Waals surface area (Å²) in [5.41, 5.74) is 0.761. The minimum absolute atomic E-state index is 0.0168. The summed E-state index contributed by atoms with van der Waals surface area (Å²) in [4.78, 5) is 0.204. The van der Waals surface area contributed by atoms with Gasteiger partial charge in [-0.1, -0.05) is 48.5 Å². The smallest absolute Gasteiger partial charge is 0.207 e. The molecule has 4 aromatic rings. The summed E-state index contributed by atoms with van der Waals surface area (Å²) in [5, 5.41) is 13.3. The molecule has 0 aliphatic rings. The van der Waals surface area contributed by atoms with Crippen LogP contribution in [0.3, 0.4) is 0 Å². The number of aromatic nitrogens is 4. The number of sulfonamides is 1. The van der Waals surface area contributed by atoms with E-state index in [1.54, 1.807) is 18.2 Å². The highest BCUT2D eigenvalue weighted by Crippen LogP contribution is 2.19. The molecule has 8 heteroatoms. The molecule has 0 unspecified atom stereocenters. The number of hydrogen-bond donors (Lipinski definition) is 1. The standard InChI is InChI=1S/C18H15N5O2S/c24-26(25,17-11-10-14-6-4-5-7-15(14)12-17)19-13-18-20-21-22-23(18)16-8-2-1-3-9-16/h1-12,19H,13H2. The Hall–Kier alpha value is -3.10. The van der Waals surface area contributed by atoms with Gasteiger partial charge in [0.1, 0.15) is 0 Å². The molecule has 1 heterocycles. The first-order valence-electron chi connectivity index (χ1n) is 7.95. The van der Waals surface area contributed by atoms with Crippen molar-refractivity contribution in [3.8, 4) is 5.69 Å².